The predicted molar refractivity (Wildman–Crippen MR) is 107 cm³/mol. The van der Waals surface area contributed by atoms with Crippen LogP contribution in [0.2, 0.25) is 0 Å². The van der Waals surface area contributed by atoms with E-state index in [1.54, 1.807) is 11.0 Å². The van der Waals surface area contributed by atoms with E-state index in [4.69, 9.17) is 0 Å². The Kier molecular flexibility index (Phi) is 4.83. The Morgan fingerprint density at radius 2 is 1.90 bits per heavy atom. The number of hydrogen-bond donors (Lipinski definition) is 0. The van der Waals surface area contributed by atoms with E-state index >= 15 is 0 Å². The topological polar surface area (TPSA) is 81.7 Å². The molecule has 1 amide bonds. The molecule has 0 N–H and O–H groups in total. The first-order chi connectivity index (χ1) is 14.3. The van der Waals surface area contributed by atoms with Crippen LogP contribution in [0.3, 0.4) is 0 Å². The zero-order chi connectivity index (χ0) is 19.6. The highest BCUT2D eigenvalue weighted by molar-refractivity contribution is 5.94. The van der Waals surface area contributed by atoms with Crippen molar-refractivity contribution in [2.24, 2.45) is 0 Å². The molecule has 1 fully saturated rings. The van der Waals surface area contributed by atoms with Gasteiger partial charge in [-0.1, -0.05) is 6.42 Å². The van der Waals surface area contributed by atoms with E-state index in [2.05, 4.69) is 24.8 Å². The second kappa shape index (κ2) is 7.77. The Morgan fingerprint density at radius 3 is 2.72 bits per heavy atom. The SMILES string of the molecule is O=C(c1ccc(-n2cncn2)cc1)N1CCCC(c2nnc3n2CCCCC3)C1. The third kappa shape index (κ3) is 3.54. The molecule has 3 aromatic rings. The fraction of sp³-hybridized carbons (Fsp3) is 0.476. The van der Waals surface area contributed by atoms with Crippen molar-refractivity contribution in [3.8, 4) is 5.69 Å². The number of benzene rings is 1. The van der Waals surface area contributed by atoms with Crippen molar-refractivity contribution < 1.29 is 4.79 Å². The molecule has 0 radical (unpaired) electrons. The van der Waals surface area contributed by atoms with Crippen molar-refractivity contribution in [2.75, 3.05) is 13.1 Å². The lowest BCUT2D eigenvalue weighted by molar-refractivity contribution is 0.0703. The van der Waals surface area contributed by atoms with Gasteiger partial charge in [-0.25, -0.2) is 9.67 Å². The molecule has 8 nitrogen and oxygen atoms in total. The summed E-state index contributed by atoms with van der Waals surface area (Å²) in [4.78, 5) is 19.0. The summed E-state index contributed by atoms with van der Waals surface area (Å²) in [5.74, 6) is 2.53. The van der Waals surface area contributed by atoms with Crippen LogP contribution in [0, 0.1) is 0 Å². The summed E-state index contributed by atoms with van der Waals surface area (Å²) in [6.07, 6.45) is 9.85. The lowest BCUT2D eigenvalue weighted by atomic mass is 9.96. The number of amides is 1. The molecular formula is C21H25N7O. The zero-order valence-electron chi connectivity index (χ0n) is 16.4. The van der Waals surface area contributed by atoms with Gasteiger partial charge in [-0.3, -0.25) is 4.79 Å². The minimum Gasteiger partial charge on any atom is -0.338 e. The molecule has 4 heterocycles. The predicted octanol–water partition coefficient (Wildman–Crippen LogP) is 2.61. The van der Waals surface area contributed by atoms with Crippen molar-refractivity contribution >= 4 is 5.91 Å². The summed E-state index contributed by atoms with van der Waals surface area (Å²) >= 11 is 0. The highest BCUT2D eigenvalue weighted by atomic mass is 16.2. The van der Waals surface area contributed by atoms with Crippen molar-refractivity contribution in [3.05, 3.63) is 54.1 Å². The van der Waals surface area contributed by atoms with Crippen LogP contribution in [-0.2, 0) is 13.0 Å². The molecule has 0 bridgehead atoms. The normalized spacial score (nSPS) is 19.6. The molecule has 1 atom stereocenters. The minimum atomic E-state index is 0.0791. The maximum Gasteiger partial charge on any atom is 0.253 e. The first-order valence-corrected chi connectivity index (χ1v) is 10.5. The lowest BCUT2D eigenvalue weighted by Gasteiger charge is -2.32. The number of carbonyl (C=O) groups excluding carboxylic acids is 1. The van der Waals surface area contributed by atoms with Crippen LogP contribution in [-0.4, -0.2) is 53.4 Å². The summed E-state index contributed by atoms with van der Waals surface area (Å²) in [6, 6.07) is 7.54. The number of piperidine rings is 1. The van der Waals surface area contributed by atoms with Crippen LogP contribution in [0.15, 0.2) is 36.9 Å². The maximum absolute atomic E-state index is 13.1. The first kappa shape index (κ1) is 18.0. The third-order valence-electron chi connectivity index (χ3n) is 6.01. The first-order valence-electron chi connectivity index (χ1n) is 10.5. The molecule has 2 aliphatic rings. The number of nitrogens with zero attached hydrogens (tertiary/aromatic N) is 7. The van der Waals surface area contributed by atoms with E-state index in [9.17, 15) is 4.79 Å². The molecule has 150 valence electrons. The fourth-order valence-corrected chi connectivity index (χ4v) is 4.46. The van der Waals surface area contributed by atoms with Gasteiger partial charge in [0.05, 0.1) is 5.69 Å². The van der Waals surface area contributed by atoms with Gasteiger partial charge in [0, 0.05) is 37.5 Å². The monoisotopic (exact) mass is 391 g/mol. The Labute approximate surface area is 169 Å². The van der Waals surface area contributed by atoms with Crippen LogP contribution in [0.4, 0.5) is 0 Å². The highest BCUT2D eigenvalue weighted by Crippen LogP contribution is 2.28. The smallest absolute Gasteiger partial charge is 0.253 e. The fourth-order valence-electron chi connectivity index (χ4n) is 4.46. The molecule has 0 saturated carbocycles. The standard InChI is InChI=1S/C21H25N7O/c29-21(16-7-9-18(10-8-16)28-15-22-14-23-28)26-11-4-5-17(13-26)20-25-24-19-6-2-1-3-12-27(19)20/h7-10,14-15,17H,1-6,11-13H2. The minimum absolute atomic E-state index is 0.0791. The molecule has 0 spiro atoms. The van der Waals surface area contributed by atoms with Gasteiger partial charge < -0.3 is 9.47 Å². The van der Waals surface area contributed by atoms with E-state index in [-0.39, 0.29) is 11.8 Å². The quantitative estimate of drug-likeness (QED) is 0.685. The molecule has 1 saturated heterocycles. The van der Waals surface area contributed by atoms with Gasteiger partial charge >= 0.3 is 0 Å². The third-order valence-corrected chi connectivity index (χ3v) is 6.01. The Balaban J connectivity index is 1.32. The molecule has 5 rings (SSSR count). The Morgan fingerprint density at radius 1 is 1.00 bits per heavy atom. The van der Waals surface area contributed by atoms with Crippen LogP contribution in [0.25, 0.3) is 5.69 Å². The molecule has 0 aliphatic carbocycles. The van der Waals surface area contributed by atoms with Crippen LogP contribution >= 0.6 is 0 Å². The van der Waals surface area contributed by atoms with E-state index in [1.807, 2.05) is 29.2 Å². The van der Waals surface area contributed by atoms with Crippen molar-refractivity contribution in [1.29, 1.82) is 0 Å². The Bertz CT molecular complexity index is 977. The molecular weight excluding hydrogens is 366 g/mol. The molecule has 1 unspecified atom stereocenters. The largest absolute Gasteiger partial charge is 0.338 e. The number of carbonyl (C=O) groups is 1. The molecule has 1 aromatic carbocycles. The number of aromatic nitrogens is 6. The van der Waals surface area contributed by atoms with E-state index < -0.39 is 0 Å². The zero-order valence-corrected chi connectivity index (χ0v) is 16.4. The lowest BCUT2D eigenvalue weighted by Crippen LogP contribution is -2.39. The van der Waals surface area contributed by atoms with Crippen molar-refractivity contribution in [3.63, 3.8) is 0 Å². The van der Waals surface area contributed by atoms with E-state index in [0.29, 0.717) is 12.1 Å². The number of fused-ring (bicyclic) bond motifs is 1. The number of likely N-dealkylation sites (tertiary alicyclic amines) is 1. The Hall–Kier alpha value is -3.03. The van der Waals surface area contributed by atoms with Crippen LogP contribution in [0.5, 0.6) is 0 Å². The van der Waals surface area contributed by atoms with Gasteiger partial charge in [-0.2, -0.15) is 5.10 Å². The van der Waals surface area contributed by atoms with Gasteiger partial charge in [0.15, 0.2) is 0 Å². The average molecular weight is 391 g/mol. The van der Waals surface area contributed by atoms with Crippen LogP contribution in [0.1, 0.15) is 60.0 Å². The second-order valence-electron chi connectivity index (χ2n) is 7.91. The summed E-state index contributed by atoms with van der Waals surface area (Å²) in [5, 5.41) is 13.1. The van der Waals surface area contributed by atoms with Crippen LogP contribution < -0.4 is 0 Å². The molecule has 2 aromatic heterocycles. The van der Waals surface area contributed by atoms with E-state index in [1.165, 1.54) is 25.6 Å². The van der Waals surface area contributed by atoms with Crippen molar-refractivity contribution in [2.45, 2.75) is 51.0 Å². The number of aryl methyl sites for hydroxylation is 1. The van der Waals surface area contributed by atoms with Gasteiger partial charge in [-0.05, 0) is 49.9 Å². The molecule has 29 heavy (non-hydrogen) atoms. The second-order valence-corrected chi connectivity index (χ2v) is 7.91. The summed E-state index contributed by atoms with van der Waals surface area (Å²) in [7, 11) is 0. The van der Waals surface area contributed by atoms with Crippen molar-refractivity contribution in [1.82, 2.24) is 34.4 Å². The van der Waals surface area contributed by atoms with Gasteiger partial charge in [0.2, 0.25) is 0 Å². The average Bonchev–Trinajstić information content (AvgIpc) is 3.39. The highest BCUT2D eigenvalue weighted by Gasteiger charge is 2.29. The van der Waals surface area contributed by atoms with Gasteiger partial charge in [0.25, 0.3) is 5.91 Å². The molecule has 2 aliphatic heterocycles. The summed E-state index contributed by atoms with van der Waals surface area (Å²) in [5.41, 5.74) is 1.59. The van der Waals surface area contributed by atoms with E-state index in [0.717, 1.165) is 49.7 Å². The summed E-state index contributed by atoms with van der Waals surface area (Å²) < 4.78 is 4.00. The maximum atomic E-state index is 13.1. The van der Waals surface area contributed by atoms with Gasteiger partial charge in [-0.15, -0.1) is 10.2 Å². The number of rotatable bonds is 3. The van der Waals surface area contributed by atoms with Gasteiger partial charge in [0.1, 0.15) is 24.3 Å². The number of hydrogen-bond acceptors (Lipinski definition) is 5. The molecule has 8 heteroatoms. The summed E-state index contributed by atoms with van der Waals surface area (Å²) in [6.45, 7) is 2.51.